The highest BCUT2D eigenvalue weighted by molar-refractivity contribution is 5.87. The first kappa shape index (κ1) is 15.6. The van der Waals surface area contributed by atoms with Gasteiger partial charge in [-0.15, -0.1) is 0 Å². The van der Waals surface area contributed by atoms with Crippen LogP contribution in [0, 0.1) is 5.82 Å². The van der Waals surface area contributed by atoms with Crippen LogP contribution in [0.3, 0.4) is 0 Å². The third kappa shape index (κ3) is 2.73. The smallest absolute Gasteiger partial charge is 0.408 e. The topological polar surface area (TPSA) is 50.9 Å². The van der Waals surface area contributed by atoms with Gasteiger partial charge in [0.25, 0.3) is 0 Å². The molecule has 0 fully saturated rings. The largest absolute Gasteiger partial charge is 0.420 e. The summed E-state index contributed by atoms with van der Waals surface area (Å²) in [5.41, 5.74) is 5.20. The molecule has 0 saturated carbocycles. The zero-order valence-electron chi connectivity index (χ0n) is 14.3. The van der Waals surface area contributed by atoms with E-state index in [2.05, 4.69) is 11.1 Å². The molecule has 5 aromatic rings. The molecule has 3 aromatic carbocycles. The van der Waals surface area contributed by atoms with Crippen molar-refractivity contribution in [2.75, 3.05) is 0 Å². The summed E-state index contributed by atoms with van der Waals surface area (Å²) in [5.74, 6) is -0.722. The Bertz CT molecular complexity index is 1330. The van der Waals surface area contributed by atoms with Crippen molar-refractivity contribution in [1.82, 2.24) is 9.55 Å². The second-order valence-corrected chi connectivity index (χ2v) is 6.54. The second-order valence-electron chi connectivity index (χ2n) is 6.54. The van der Waals surface area contributed by atoms with Gasteiger partial charge in [0.05, 0.1) is 12.1 Å². The maximum absolute atomic E-state index is 13.1. The van der Waals surface area contributed by atoms with Crippen molar-refractivity contribution in [3.8, 4) is 11.1 Å². The summed E-state index contributed by atoms with van der Waals surface area (Å²) < 4.78 is 20.1. The van der Waals surface area contributed by atoms with E-state index in [9.17, 15) is 9.18 Å². The minimum Gasteiger partial charge on any atom is -0.408 e. The van der Waals surface area contributed by atoms with Crippen molar-refractivity contribution in [2.45, 2.75) is 6.54 Å². The number of oxazole rings is 1. The van der Waals surface area contributed by atoms with E-state index in [0.717, 1.165) is 33.1 Å². The fraction of sp³-hybridized carbons (Fsp3) is 0.0455. The molecule has 0 aliphatic rings. The summed E-state index contributed by atoms with van der Waals surface area (Å²) in [4.78, 5) is 15.5. The van der Waals surface area contributed by atoms with Gasteiger partial charge in [-0.25, -0.2) is 9.18 Å². The standard InChI is InChI=1S/C22H15FN2O2/c23-18-5-1-14(2-6-18)13-25-20-8-4-16(12-21(20)27-22(25)26)15-3-7-19-17(11-15)9-10-24-19/h1-12,24H,13H2. The van der Waals surface area contributed by atoms with Crippen LogP contribution in [0.4, 0.5) is 4.39 Å². The van der Waals surface area contributed by atoms with Crippen LogP contribution in [-0.4, -0.2) is 9.55 Å². The molecule has 0 aliphatic heterocycles. The van der Waals surface area contributed by atoms with Gasteiger partial charge in [0.1, 0.15) is 5.82 Å². The number of nitrogens with one attached hydrogen (secondary N) is 1. The average molecular weight is 358 g/mol. The molecule has 27 heavy (non-hydrogen) atoms. The van der Waals surface area contributed by atoms with Crippen LogP contribution >= 0.6 is 0 Å². The minimum absolute atomic E-state index is 0.299. The summed E-state index contributed by atoms with van der Waals surface area (Å²) in [6.45, 7) is 0.334. The van der Waals surface area contributed by atoms with E-state index < -0.39 is 5.76 Å². The Kier molecular flexibility index (Phi) is 3.47. The van der Waals surface area contributed by atoms with Crippen molar-refractivity contribution in [3.63, 3.8) is 0 Å². The SMILES string of the molecule is O=c1oc2cc(-c3ccc4[nH]ccc4c3)ccc2n1Cc1ccc(F)cc1. The Morgan fingerprint density at radius 3 is 2.56 bits per heavy atom. The molecule has 0 bridgehead atoms. The van der Waals surface area contributed by atoms with Crippen LogP contribution in [0.1, 0.15) is 5.56 Å². The molecule has 0 saturated heterocycles. The third-order valence-corrected chi connectivity index (χ3v) is 4.81. The molecule has 2 heterocycles. The molecule has 5 heteroatoms. The molecule has 2 aromatic heterocycles. The number of aromatic amines is 1. The van der Waals surface area contributed by atoms with Gasteiger partial charge in [-0.05, 0) is 64.5 Å². The fourth-order valence-electron chi connectivity index (χ4n) is 3.40. The van der Waals surface area contributed by atoms with Gasteiger partial charge in [-0.3, -0.25) is 4.57 Å². The van der Waals surface area contributed by atoms with Crippen molar-refractivity contribution in [3.05, 3.63) is 94.9 Å². The number of hydrogen-bond acceptors (Lipinski definition) is 2. The fourth-order valence-corrected chi connectivity index (χ4v) is 3.40. The molecule has 4 nitrogen and oxygen atoms in total. The summed E-state index contributed by atoms with van der Waals surface area (Å²) in [6, 6.07) is 20.0. The van der Waals surface area contributed by atoms with Gasteiger partial charge in [0.2, 0.25) is 0 Å². The Morgan fingerprint density at radius 2 is 1.70 bits per heavy atom. The van der Waals surface area contributed by atoms with Gasteiger partial charge in [0.15, 0.2) is 5.58 Å². The van der Waals surface area contributed by atoms with E-state index in [0.29, 0.717) is 12.1 Å². The number of hydrogen-bond donors (Lipinski definition) is 1. The number of aromatic nitrogens is 2. The van der Waals surface area contributed by atoms with Gasteiger partial charge in [0, 0.05) is 11.7 Å². The van der Waals surface area contributed by atoms with E-state index in [1.54, 1.807) is 16.7 Å². The van der Waals surface area contributed by atoms with E-state index in [1.165, 1.54) is 12.1 Å². The molecule has 0 aliphatic carbocycles. The molecular weight excluding hydrogens is 343 g/mol. The lowest BCUT2D eigenvalue weighted by Crippen LogP contribution is -2.14. The highest BCUT2D eigenvalue weighted by Gasteiger charge is 2.11. The Morgan fingerprint density at radius 1 is 0.926 bits per heavy atom. The van der Waals surface area contributed by atoms with Crippen molar-refractivity contribution < 1.29 is 8.81 Å². The Balaban J connectivity index is 1.56. The van der Waals surface area contributed by atoms with Gasteiger partial charge >= 0.3 is 5.76 Å². The number of H-pyrrole nitrogens is 1. The lowest BCUT2D eigenvalue weighted by molar-refractivity contribution is 0.517. The first-order chi connectivity index (χ1) is 13.2. The first-order valence-electron chi connectivity index (χ1n) is 8.63. The Labute approximate surface area is 153 Å². The predicted octanol–water partition coefficient (Wildman–Crippen LogP) is 4.93. The van der Waals surface area contributed by atoms with Gasteiger partial charge < -0.3 is 9.40 Å². The van der Waals surface area contributed by atoms with E-state index in [1.807, 2.05) is 42.6 Å². The molecule has 0 atom stereocenters. The second kappa shape index (κ2) is 5.99. The van der Waals surface area contributed by atoms with Crippen LogP contribution in [0.25, 0.3) is 33.1 Å². The molecular formula is C22H15FN2O2. The highest BCUT2D eigenvalue weighted by Crippen LogP contribution is 2.27. The summed E-state index contributed by atoms with van der Waals surface area (Å²) >= 11 is 0. The van der Waals surface area contributed by atoms with Crippen molar-refractivity contribution >= 4 is 22.0 Å². The maximum Gasteiger partial charge on any atom is 0.420 e. The van der Waals surface area contributed by atoms with Crippen LogP contribution in [0.2, 0.25) is 0 Å². The molecule has 0 unspecified atom stereocenters. The zero-order chi connectivity index (χ0) is 18.4. The first-order valence-corrected chi connectivity index (χ1v) is 8.63. The van der Waals surface area contributed by atoms with Crippen molar-refractivity contribution in [1.29, 1.82) is 0 Å². The number of nitrogens with zero attached hydrogens (tertiary/aromatic N) is 1. The molecule has 5 rings (SSSR count). The Hall–Kier alpha value is -3.60. The molecule has 0 amide bonds. The maximum atomic E-state index is 13.1. The van der Waals surface area contributed by atoms with Gasteiger partial charge in [-0.2, -0.15) is 0 Å². The molecule has 132 valence electrons. The number of benzene rings is 3. The van der Waals surface area contributed by atoms with E-state index >= 15 is 0 Å². The highest BCUT2D eigenvalue weighted by atomic mass is 19.1. The van der Waals surface area contributed by atoms with Crippen LogP contribution < -0.4 is 5.76 Å². The zero-order valence-corrected chi connectivity index (χ0v) is 14.3. The summed E-state index contributed by atoms with van der Waals surface area (Å²) in [5, 5.41) is 1.13. The lowest BCUT2D eigenvalue weighted by Gasteiger charge is -2.05. The van der Waals surface area contributed by atoms with Crippen LogP contribution in [0.15, 0.2) is 82.1 Å². The summed E-state index contributed by atoms with van der Waals surface area (Å²) in [6.07, 6.45) is 1.91. The monoisotopic (exact) mass is 358 g/mol. The number of fused-ring (bicyclic) bond motifs is 2. The quantitative estimate of drug-likeness (QED) is 0.497. The number of rotatable bonds is 3. The molecule has 0 radical (unpaired) electrons. The predicted molar refractivity (Wildman–Crippen MR) is 103 cm³/mol. The molecule has 1 N–H and O–H groups in total. The lowest BCUT2D eigenvalue weighted by atomic mass is 10.0. The van der Waals surface area contributed by atoms with Crippen LogP contribution in [0.5, 0.6) is 0 Å². The van der Waals surface area contributed by atoms with Gasteiger partial charge in [-0.1, -0.05) is 24.3 Å². The van der Waals surface area contributed by atoms with Crippen molar-refractivity contribution in [2.24, 2.45) is 0 Å². The van der Waals surface area contributed by atoms with Crippen LogP contribution in [-0.2, 0) is 6.54 Å². The number of halogens is 1. The summed E-state index contributed by atoms with van der Waals surface area (Å²) in [7, 11) is 0. The molecule has 0 spiro atoms. The van der Waals surface area contributed by atoms with E-state index in [4.69, 9.17) is 4.42 Å². The minimum atomic E-state index is -0.424. The normalized spacial score (nSPS) is 11.4. The third-order valence-electron chi connectivity index (χ3n) is 4.81. The van der Waals surface area contributed by atoms with E-state index in [-0.39, 0.29) is 5.82 Å². The average Bonchev–Trinajstić information content (AvgIpc) is 3.27.